The van der Waals surface area contributed by atoms with Crippen molar-refractivity contribution in [2.75, 3.05) is 12.4 Å². The van der Waals surface area contributed by atoms with Gasteiger partial charge in [-0.25, -0.2) is 4.68 Å². The molecular formula is C23H17ClN4O2S. The zero-order chi connectivity index (χ0) is 20.9. The minimum atomic E-state index is -0.288. The van der Waals surface area contributed by atoms with Crippen molar-refractivity contribution in [2.45, 2.75) is 12.1 Å². The largest absolute Gasteiger partial charge is 0.496 e. The van der Waals surface area contributed by atoms with Crippen LogP contribution in [-0.4, -0.2) is 21.9 Å². The van der Waals surface area contributed by atoms with Gasteiger partial charge in [-0.3, -0.25) is 0 Å². The molecule has 0 fully saturated rings. The van der Waals surface area contributed by atoms with Crippen molar-refractivity contribution in [3.63, 3.8) is 0 Å². The summed E-state index contributed by atoms with van der Waals surface area (Å²) in [5, 5.41) is 10.7. The van der Waals surface area contributed by atoms with Crippen LogP contribution in [0, 0.1) is 0 Å². The van der Waals surface area contributed by atoms with Crippen LogP contribution in [0.1, 0.15) is 28.1 Å². The number of nitrogens with one attached hydrogen (secondary N) is 1. The molecule has 2 atom stereocenters. The molecule has 2 aromatic carbocycles. The Bertz CT molecular complexity index is 1310. The zero-order valence-corrected chi connectivity index (χ0v) is 18.0. The molecule has 1 N–H and O–H groups in total. The Hall–Kier alpha value is -3.29. The topological polar surface area (TPSA) is 61.2 Å². The van der Waals surface area contributed by atoms with E-state index in [1.54, 1.807) is 24.8 Å². The van der Waals surface area contributed by atoms with Crippen LogP contribution in [0.15, 0.2) is 71.9 Å². The summed E-state index contributed by atoms with van der Waals surface area (Å²) in [7, 11) is 1.68. The van der Waals surface area contributed by atoms with Gasteiger partial charge in [0.2, 0.25) is 5.95 Å². The summed E-state index contributed by atoms with van der Waals surface area (Å²) >= 11 is 8.03. The lowest BCUT2D eigenvalue weighted by atomic mass is 9.86. The third kappa shape index (κ3) is 2.85. The molecule has 2 aliphatic rings. The van der Waals surface area contributed by atoms with Crippen LogP contribution in [0.4, 0.5) is 5.95 Å². The molecule has 154 valence electrons. The van der Waals surface area contributed by atoms with Crippen LogP contribution >= 0.6 is 22.9 Å². The maximum absolute atomic E-state index is 6.57. The maximum atomic E-state index is 6.57. The summed E-state index contributed by atoms with van der Waals surface area (Å²) in [5.41, 5.74) is 3.88. The fourth-order valence-corrected chi connectivity index (χ4v) is 5.25. The van der Waals surface area contributed by atoms with E-state index >= 15 is 0 Å². The standard InChI is InChI=1S/C23H17ClN4O2S/c1-29-16-6-3-2-5-14(16)21-19-20(27-23-25-12-26-28(21)23)15-11-13(24)8-9-17(15)30-22(19)18-7-4-10-31-18/h2-12,21-22H,1H3,(H,25,26,27)/t21-,22+/m1/s1. The highest BCUT2D eigenvalue weighted by molar-refractivity contribution is 7.10. The van der Waals surface area contributed by atoms with Crippen molar-refractivity contribution < 1.29 is 9.47 Å². The molecule has 8 heteroatoms. The van der Waals surface area contributed by atoms with Gasteiger partial charge in [-0.1, -0.05) is 35.9 Å². The molecule has 31 heavy (non-hydrogen) atoms. The second-order valence-electron chi connectivity index (χ2n) is 7.28. The van der Waals surface area contributed by atoms with Crippen molar-refractivity contribution >= 4 is 34.6 Å². The quantitative estimate of drug-likeness (QED) is 0.444. The lowest BCUT2D eigenvalue weighted by Gasteiger charge is -2.38. The Morgan fingerprint density at radius 1 is 1.16 bits per heavy atom. The number of anilines is 1. The first-order valence-electron chi connectivity index (χ1n) is 9.78. The smallest absolute Gasteiger partial charge is 0.226 e. The molecule has 2 aromatic heterocycles. The van der Waals surface area contributed by atoms with Gasteiger partial charge in [0.05, 0.1) is 12.8 Å². The summed E-state index contributed by atoms with van der Waals surface area (Å²) < 4.78 is 14.2. The van der Waals surface area contributed by atoms with Gasteiger partial charge >= 0.3 is 0 Å². The lowest BCUT2D eigenvalue weighted by molar-refractivity contribution is 0.226. The molecule has 0 spiro atoms. The number of aromatic nitrogens is 3. The number of thiophene rings is 1. The Labute approximate surface area is 187 Å². The highest BCUT2D eigenvalue weighted by Crippen LogP contribution is 2.52. The first kappa shape index (κ1) is 18.5. The van der Waals surface area contributed by atoms with Crippen LogP contribution in [0.25, 0.3) is 5.70 Å². The Balaban J connectivity index is 1.67. The summed E-state index contributed by atoms with van der Waals surface area (Å²) in [6, 6.07) is 17.6. The molecule has 2 aliphatic heterocycles. The fraction of sp³-hybridized carbons (Fsp3) is 0.130. The predicted molar refractivity (Wildman–Crippen MR) is 121 cm³/mol. The van der Waals surface area contributed by atoms with Gasteiger partial charge in [-0.05, 0) is 35.7 Å². The summed E-state index contributed by atoms with van der Waals surface area (Å²) in [6.07, 6.45) is 1.27. The molecule has 0 radical (unpaired) electrons. The SMILES string of the molecule is COc1ccccc1[C@@H]1C2=C(Nc3ncnn31)c1cc(Cl)ccc1O[C@H]2c1cccs1. The minimum absolute atomic E-state index is 0.260. The molecule has 0 saturated carbocycles. The third-order valence-electron chi connectivity index (χ3n) is 5.61. The van der Waals surface area contributed by atoms with E-state index in [-0.39, 0.29) is 12.1 Å². The molecule has 0 amide bonds. The Morgan fingerprint density at radius 2 is 2.06 bits per heavy atom. The van der Waals surface area contributed by atoms with E-state index in [1.165, 1.54) is 0 Å². The van der Waals surface area contributed by atoms with Crippen molar-refractivity contribution in [3.8, 4) is 11.5 Å². The predicted octanol–water partition coefficient (Wildman–Crippen LogP) is 5.56. The van der Waals surface area contributed by atoms with Crippen LogP contribution in [-0.2, 0) is 0 Å². The number of rotatable bonds is 3. The number of ether oxygens (including phenoxy) is 2. The normalized spacial score (nSPS) is 19.0. The number of hydrogen-bond acceptors (Lipinski definition) is 6. The lowest BCUT2D eigenvalue weighted by Crippen LogP contribution is -2.32. The van der Waals surface area contributed by atoms with E-state index in [0.29, 0.717) is 11.0 Å². The number of fused-ring (bicyclic) bond motifs is 3. The first-order chi connectivity index (χ1) is 15.2. The highest BCUT2D eigenvalue weighted by Gasteiger charge is 2.42. The van der Waals surface area contributed by atoms with Gasteiger partial charge in [0, 0.05) is 26.6 Å². The van der Waals surface area contributed by atoms with Gasteiger partial charge in [-0.2, -0.15) is 10.1 Å². The maximum Gasteiger partial charge on any atom is 0.226 e. The van der Waals surface area contributed by atoms with Gasteiger partial charge in [0.15, 0.2) is 6.10 Å². The zero-order valence-electron chi connectivity index (χ0n) is 16.4. The number of halogens is 1. The number of benzene rings is 2. The van der Waals surface area contributed by atoms with Crippen LogP contribution < -0.4 is 14.8 Å². The molecule has 0 aliphatic carbocycles. The van der Waals surface area contributed by atoms with Crippen LogP contribution in [0.5, 0.6) is 11.5 Å². The Kier molecular flexibility index (Phi) is 4.26. The average Bonchev–Trinajstić information content (AvgIpc) is 3.49. The second kappa shape index (κ2) is 7.14. The van der Waals surface area contributed by atoms with E-state index in [2.05, 4.69) is 32.9 Å². The molecule has 6 rings (SSSR count). The van der Waals surface area contributed by atoms with Gasteiger partial charge in [0.25, 0.3) is 0 Å². The van der Waals surface area contributed by atoms with E-state index < -0.39 is 0 Å². The van der Waals surface area contributed by atoms with Crippen LogP contribution in [0.3, 0.4) is 0 Å². The average molecular weight is 449 g/mol. The van der Waals surface area contributed by atoms with Gasteiger partial charge < -0.3 is 14.8 Å². The van der Waals surface area contributed by atoms with E-state index in [0.717, 1.165) is 38.8 Å². The van der Waals surface area contributed by atoms with Gasteiger partial charge in [-0.15, -0.1) is 11.3 Å². The molecule has 0 saturated heterocycles. The fourth-order valence-electron chi connectivity index (χ4n) is 4.31. The molecule has 0 bridgehead atoms. The second-order valence-corrected chi connectivity index (χ2v) is 8.70. The van der Waals surface area contributed by atoms with Crippen molar-refractivity contribution in [1.82, 2.24) is 14.8 Å². The first-order valence-corrected chi connectivity index (χ1v) is 11.0. The summed E-state index contributed by atoms with van der Waals surface area (Å²) in [5.74, 6) is 2.22. The monoisotopic (exact) mass is 448 g/mol. The summed E-state index contributed by atoms with van der Waals surface area (Å²) in [6.45, 7) is 0. The van der Waals surface area contributed by atoms with Crippen molar-refractivity contribution in [1.29, 1.82) is 0 Å². The number of hydrogen-bond donors (Lipinski definition) is 1. The van der Waals surface area contributed by atoms with Crippen LogP contribution in [0.2, 0.25) is 5.02 Å². The number of methoxy groups -OCH3 is 1. The molecular weight excluding hydrogens is 432 g/mol. The highest BCUT2D eigenvalue weighted by atomic mass is 35.5. The van der Waals surface area contributed by atoms with E-state index in [1.807, 2.05) is 47.1 Å². The molecule has 6 nitrogen and oxygen atoms in total. The molecule has 4 aromatic rings. The van der Waals surface area contributed by atoms with E-state index in [4.69, 9.17) is 21.1 Å². The summed E-state index contributed by atoms with van der Waals surface area (Å²) in [4.78, 5) is 5.57. The number of para-hydroxylation sites is 1. The minimum Gasteiger partial charge on any atom is -0.496 e. The van der Waals surface area contributed by atoms with E-state index in [9.17, 15) is 0 Å². The number of nitrogens with zero attached hydrogens (tertiary/aromatic N) is 3. The Morgan fingerprint density at radius 3 is 2.90 bits per heavy atom. The molecule has 0 unspecified atom stereocenters. The third-order valence-corrected chi connectivity index (χ3v) is 6.76. The van der Waals surface area contributed by atoms with Gasteiger partial charge in [0.1, 0.15) is 23.9 Å². The van der Waals surface area contributed by atoms with Crippen molar-refractivity contribution in [3.05, 3.63) is 92.9 Å². The van der Waals surface area contributed by atoms with Crippen molar-refractivity contribution in [2.24, 2.45) is 0 Å². The molecule has 4 heterocycles.